The minimum absolute atomic E-state index is 0.0861. The van der Waals surface area contributed by atoms with Gasteiger partial charge < -0.3 is 10.1 Å². The van der Waals surface area contributed by atoms with Gasteiger partial charge in [0.1, 0.15) is 10.6 Å². The number of rotatable bonds is 6. The van der Waals surface area contributed by atoms with Crippen LogP contribution in [0.15, 0.2) is 46.3 Å². The van der Waals surface area contributed by atoms with E-state index in [4.69, 9.17) is 21.3 Å². The van der Waals surface area contributed by atoms with E-state index in [1.165, 1.54) is 16.6 Å². The summed E-state index contributed by atoms with van der Waals surface area (Å²) in [4.78, 5) is 33.7. The molecule has 0 saturated carbocycles. The second-order valence-corrected chi connectivity index (χ2v) is 11.3. The molecule has 0 unspecified atom stereocenters. The Morgan fingerprint density at radius 3 is 2.67 bits per heavy atom. The van der Waals surface area contributed by atoms with E-state index in [1.54, 1.807) is 23.0 Å². The van der Waals surface area contributed by atoms with Gasteiger partial charge in [-0.15, -0.1) is 11.3 Å². The second kappa shape index (κ2) is 10.3. The van der Waals surface area contributed by atoms with E-state index in [2.05, 4.69) is 5.32 Å². The van der Waals surface area contributed by atoms with Gasteiger partial charge >= 0.3 is 0 Å². The Labute approximate surface area is 222 Å². The summed E-state index contributed by atoms with van der Waals surface area (Å²) in [5.74, 6) is 0.575. The molecular formula is C27H26ClN3O3S2. The lowest BCUT2D eigenvalue weighted by Crippen LogP contribution is -2.23. The van der Waals surface area contributed by atoms with Crippen molar-refractivity contribution in [1.82, 2.24) is 9.55 Å². The summed E-state index contributed by atoms with van der Waals surface area (Å²) in [7, 11) is 1.61. The first kappa shape index (κ1) is 24.9. The number of benzene rings is 2. The van der Waals surface area contributed by atoms with Crippen LogP contribution >= 0.6 is 34.7 Å². The van der Waals surface area contributed by atoms with Crippen molar-refractivity contribution in [2.75, 3.05) is 18.2 Å². The van der Waals surface area contributed by atoms with Crippen LogP contribution in [-0.4, -0.2) is 28.3 Å². The number of carbonyl (C=O) groups is 1. The molecule has 5 rings (SSSR count). The molecule has 0 aliphatic heterocycles. The van der Waals surface area contributed by atoms with Gasteiger partial charge in [-0.25, -0.2) is 4.98 Å². The Bertz CT molecular complexity index is 1500. The van der Waals surface area contributed by atoms with Gasteiger partial charge in [0.25, 0.3) is 5.56 Å². The van der Waals surface area contributed by atoms with Gasteiger partial charge in [-0.05, 0) is 86.6 Å². The number of carbonyl (C=O) groups excluding carboxylic acids is 1. The van der Waals surface area contributed by atoms with E-state index in [9.17, 15) is 9.59 Å². The first-order chi connectivity index (χ1) is 17.4. The van der Waals surface area contributed by atoms with E-state index >= 15 is 0 Å². The topological polar surface area (TPSA) is 73.2 Å². The number of aromatic nitrogens is 2. The van der Waals surface area contributed by atoms with Crippen LogP contribution in [0.5, 0.6) is 5.75 Å². The third-order valence-electron chi connectivity index (χ3n) is 6.32. The monoisotopic (exact) mass is 539 g/mol. The number of nitrogens with one attached hydrogen (secondary N) is 1. The highest BCUT2D eigenvalue weighted by Crippen LogP contribution is 2.35. The van der Waals surface area contributed by atoms with Crippen LogP contribution in [0.25, 0.3) is 15.9 Å². The maximum Gasteiger partial charge on any atom is 0.267 e. The highest BCUT2D eigenvalue weighted by Gasteiger charge is 2.23. The largest absolute Gasteiger partial charge is 0.497 e. The summed E-state index contributed by atoms with van der Waals surface area (Å²) in [6.07, 6.45) is 4.11. The molecule has 4 aromatic rings. The Hall–Kier alpha value is -2.81. The quantitative estimate of drug-likeness (QED) is 0.229. The van der Waals surface area contributed by atoms with Gasteiger partial charge in [0.05, 0.1) is 34.6 Å². The Kier molecular flexibility index (Phi) is 7.10. The molecule has 0 saturated heterocycles. The van der Waals surface area contributed by atoms with Crippen LogP contribution in [0, 0.1) is 13.8 Å². The highest BCUT2D eigenvalue weighted by molar-refractivity contribution is 7.99. The maximum atomic E-state index is 13.9. The number of fused-ring (bicyclic) bond motifs is 3. The number of thioether (sulfide) groups is 1. The predicted molar refractivity (Wildman–Crippen MR) is 149 cm³/mol. The fourth-order valence-corrected chi connectivity index (χ4v) is 7.11. The molecule has 1 amide bonds. The number of anilines is 1. The maximum absolute atomic E-state index is 13.9. The predicted octanol–water partition coefficient (Wildman–Crippen LogP) is 6.34. The zero-order chi connectivity index (χ0) is 25.4. The highest BCUT2D eigenvalue weighted by atomic mass is 35.5. The van der Waals surface area contributed by atoms with Gasteiger partial charge in [0.2, 0.25) is 5.91 Å². The van der Waals surface area contributed by atoms with Crippen LogP contribution in [0.2, 0.25) is 5.02 Å². The van der Waals surface area contributed by atoms with Crippen LogP contribution < -0.4 is 15.6 Å². The number of ether oxygens (including phenoxy) is 1. The fourth-order valence-electron chi connectivity index (χ4n) is 4.62. The molecule has 0 fully saturated rings. The minimum Gasteiger partial charge on any atom is -0.497 e. The smallest absolute Gasteiger partial charge is 0.267 e. The second-order valence-electron chi connectivity index (χ2n) is 8.90. The van der Waals surface area contributed by atoms with Crippen molar-refractivity contribution in [1.29, 1.82) is 0 Å². The van der Waals surface area contributed by atoms with Crippen molar-refractivity contribution >= 4 is 56.5 Å². The van der Waals surface area contributed by atoms with Crippen molar-refractivity contribution in [2.45, 2.75) is 44.7 Å². The third kappa shape index (κ3) is 4.77. The van der Waals surface area contributed by atoms with Crippen LogP contribution in [0.4, 0.5) is 5.69 Å². The van der Waals surface area contributed by atoms with E-state index in [0.717, 1.165) is 47.2 Å². The van der Waals surface area contributed by atoms with E-state index in [0.29, 0.717) is 32.7 Å². The average Bonchev–Trinajstić information content (AvgIpc) is 3.24. The summed E-state index contributed by atoms with van der Waals surface area (Å²) in [6, 6.07) is 11.1. The molecule has 0 atom stereocenters. The molecule has 9 heteroatoms. The van der Waals surface area contributed by atoms with Crippen molar-refractivity contribution in [3.63, 3.8) is 0 Å². The fraction of sp³-hybridized carbons (Fsp3) is 0.296. The molecule has 0 bridgehead atoms. The average molecular weight is 540 g/mol. The minimum atomic E-state index is -0.213. The lowest BCUT2D eigenvalue weighted by atomic mass is 9.97. The van der Waals surface area contributed by atoms with Crippen molar-refractivity contribution in [3.8, 4) is 11.4 Å². The summed E-state index contributed by atoms with van der Waals surface area (Å²) in [5.41, 5.74) is 4.27. The van der Waals surface area contributed by atoms with Crippen LogP contribution in [0.1, 0.15) is 34.4 Å². The molecule has 0 spiro atoms. The first-order valence-corrected chi connectivity index (χ1v) is 13.9. The first-order valence-electron chi connectivity index (χ1n) is 11.8. The molecule has 36 heavy (non-hydrogen) atoms. The van der Waals surface area contributed by atoms with E-state index in [1.807, 2.05) is 50.2 Å². The zero-order valence-corrected chi connectivity index (χ0v) is 22.7. The standard InChI is InChI=1S/C27H26ClN3O3S2/c1-15-12-16(2)24(20(28)13-15)29-22(32)14-35-27-30-25-23(19-6-4-5-7-21(19)36-25)26(33)31(27)17-8-10-18(34-3)11-9-17/h8-13H,4-7,14H2,1-3H3,(H,29,32). The SMILES string of the molecule is COc1ccc(-n2c(SCC(=O)Nc3c(C)cc(C)cc3Cl)nc3sc4c(c3c2=O)CCCC4)cc1. The summed E-state index contributed by atoms with van der Waals surface area (Å²) < 4.78 is 6.91. The van der Waals surface area contributed by atoms with Gasteiger partial charge in [-0.2, -0.15) is 0 Å². The number of nitrogens with zero attached hydrogens (tertiary/aromatic N) is 2. The van der Waals surface area contributed by atoms with Gasteiger partial charge in [-0.1, -0.05) is 29.4 Å². The lowest BCUT2D eigenvalue weighted by molar-refractivity contribution is -0.113. The third-order valence-corrected chi connectivity index (χ3v) is 8.74. The van der Waals surface area contributed by atoms with Crippen molar-refractivity contribution in [2.24, 2.45) is 0 Å². The molecule has 2 aromatic heterocycles. The molecule has 6 nitrogen and oxygen atoms in total. The molecule has 0 radical (unpaired) electrons. The van der Waals surface area contributed by atoms with Crippen LogP contribution in [-0.2, 0) is 17.6 Å². The van der Waals surface area contributed by atoms with Gasteiger partial charge in [0, 0.05) is 4.88 Å². The number of aryl methyl sites for hydroxylation is 4. The molecule has 1 aliphatic carbocycles. The molecule has 2 heterocycles. The number of amides is 1. The number of hydrogen-bond donors (Lipinski definition) is 1. The van der Waals surface area contributed by atoms with Gasteiger partial charge in [-0.3, -0.25) is 14.2 Å². The number of hydrogen-bond acceptors (Lipinski definition) is 6. The summed E-state index contributed by atoms with van der Waals surface area (Å²) in [6.45, 7) is 3.88. The molecule has 2 aromatic carbocycles. The Morgan fingerprint density at radius 2 is 1.94 bits per heavy atom. The van der Waals surface area contributed by atoms with E-state index in [-0.39, 0.29) is 17.2 Å². The lowest BCUT2D eigenvalue weighted by Gasteiger charge is -2.15. The number of methoxy groups -OCH3 is 1. The summed E-state index contributed by atoms with van der Waals surface area (Å²) in [5, 5.41) is 4.62. The molecule has 1 N–H and O–H groups in total. The Morgan fingerprint density at radius 1 is 1.19 bits per heavy atom. The number of halogens is 1. The van der Waals surface area contributed by atoms with Crippen molar-refractivity contribution < 1.29 is 9.53 Å². The Balaban J connectivity index is 1.51. The zero-order valence-electron chi connectivity index (χ0n) is 20.3. The molecule has 186 valence electrons. The number of thiophene rings is 1. The van der Waals surface area contributed by atoms with E-state index < -0.39 is 0 Å². The van der Waals surface area contributed by atoms with Crippen molar-refractivity contribution in [3.05, 3.63) is 73.3 Å². The van der Waals surface area contributed by atoms with Gasteiger partial charge in [0.15, 0.2) is 5.16 Å². The normalized spacial score (nSPS) is 13.0. The summed E-state index contributed by atoms with van der Waals surface area (Å²) >= 11 is 9.22. The molecule has 1 aliphatic rings. The van der Waals surface area contributed by atoms with Crippen LogP contribution in [0.3, 0.4) is 0 Å². The molecular weight excluding hydrogens is 514 g/mol.